The molecule has 4 nitrogen and oxygen atoms in total. The van der Waals surface area contributed by atoms with Crippen molar-refractivity contribution in [3.8, 4) is 0 Å². The van der Waals surface area contributed by atoms with Crippen LogP contribution in [0.5, 0.6) is 0 Å². The molecule has 0 heterocycles. The van der Waals surface area contributed by atoms with Crippen LogP contribution in [-0.4, -0.2) is 28.9 Å². The Labute approximate surface area is 85.2 Å². The van der Waals surface area contributed by atoms with Crippen LogP contribution in [0.2, 0.25) is 0 Å². The number of nitroso groups, excluding NO2 is 1. The van der Waals surface area contributed by atoms with E-state index in [2.05, 4.69) is 5.18 Å². The van der Waals surface area contributed by atoms with Crippen molar-refractivity contribution >= 4 is 0 Å². The number of rotatable bonds is 6. The Hall–Kier alpha value is -0.480. The van der Waals surface area contributed by atoms with Gasteiger partial charge in [-0.25, -0.2) is 0 Å². The predicted octanol–water partition coefficient (Wildman–Crippen LogP) is 2.41. The fourth-order valence-electron chi connectivity index (χ4n) is 1.88. The molecule has 1 unspecified atom stereocenters. The fourth-order valence-corrected chi connectivity index (χ4v) is 1.88. The summed E-state index contributed by atoms with van der Waals surface area (Å²) in [5.74, 6) is 0. The molecule has 4 heteroatoms. The van der Waals surface area contributed by atoms with E-state index in [1.54, 1.807) is 0 Å². The van der Waals surface area contributed by atoms with Gasteiger partial charge in [0.05, 0.1) is 6.04 Å². The summed E-state index contributed by atoms with van der Waals surface area (Å²) in [5.41, 5.74) is -0.0322. The molecular weight excluding hydrogens is 180 g/mol. The summed E-state index contributed by atoms with van der Waals surface area (Å²) in [6, 6.07) is -0.0208. The molecule has 0 aromatic heterocycles. The largest absolute Gasteiger partial charge is 0.314 e. The van der Waals surface area contributed by atoms with Gasteiger partial charge in [0.1, 0.15) is 0 Å². The second kappa shape index (κ2) is 4.36. The Balaban J connectivity index is 2.53. The molecule has 1 rings (SSSR count). The standard InChI is InChI=1S/C10H20N2O2/c1-4-9(11-13)10(5-6-10)7-12(14)8(2)3/h8-9,14H,4-7H2,1-3H3. The predicted molar refractivity (Wildman–Crippen MR) is 55.2 cm³/mol. The molecule has 0 radical (unpaired) electrons. The molecule has 0 aromatic carbocycles. The molecule has 0 aromatic rings. The smallest absolute Gasteiger partial charge is 0.0986 e. The van der Waals surface area contributed by atoms with Crippen molar-refractivity contribution in [3.05, 3.63) is 4.91 Å². The minimum Gasteiger partial charge on any atom is -0.314 e. The van der Waals surface area contributed by atoms with Gasteiger partial charge in [-0.1, -0.05) is 12.1 Å². The van der Waals surface area contributed by atoms with Gasteiger partial charge in [0.15, 0.2) is 0 Å². The summed E-state index contributed by atoms with van der Waals surface area (Å²) < 4.78 is 0. The van der Waals surface area contributed by atoms with Crippen molar-refractivity contribution in [1.29, 1.82) is 0 Å². The highest BCUT2D eigenvalue weighted by Gasteiger charge is 2.50. The lowest BCUT2D eigenvalue weighted by Gasteiger charge is -2.27. The summed E-state index contributed by atoms with van der Waals surface area (Å²) in [4.78, 5) is 10.6. The summed E-state index contributed by atoms with van der Waals surface area (Å²) in [7, 11) is 0. The van der Waals surface area contributed by atoms with Crippen LogP contribution in [-0.2, 0) is 0 Å². The number of nitrogens with zero attached hydrogens (tertiary/aromatic N) is 2. The zero-order chi connectivity index (χ0) is 10.8. The van der Waals surface area contributed by atoms with Gasteiger partial charge >= 0.3 is 0 Å². The van der Waals surface area contributed by atoms with E-state index in [9.17, 15) is 10.1 Å². The molecular formula is C10H20N2O2. The molecule has 1 N–H and O–H groups in total. The normalized spacial score (nSPS) is 21.3. The van der Waals surface area contributed by atoms with Crippen LogP contribution < -0.4 is 0 Å². The quantitative estimate of drug-likeness (QED) is 0.529. The minimum atomic E-state index is -0.129. The van der Waals surface area contributed by atoms with Gasteiger partial charge in [-0.15, -0.1) is 0 Å². The Morgan fingerprint density at radius 2 is 2.07 bits per heavy atom. The Bertz CT molecular complexity index is 202. The lowest BCUT2D eigenvalue weighted by Crippen LogP contribution is -2.37. The Morgan fingerprint density at radius 3 is 2.36 bits per heavy atom. The molecule has 0 bridgehead atoms. The van der Waals surface area contributed by atoms with Gasteiger partial charge in [0.2, 0.25) is 0 Å². The minimum absolute atomic E-state index is 0.0322. The van der Waals surface area contributed by atoms with Crippen LogP contribution in [0.4, 0.5) is 0 Å². The van der Waals surface area contributed by atoms with E-state index in [0.29, 0.717) is 6.54 Å². The highest BCUT2D eigenvalue weighted by molar-refractivity contribution is 5.03. The average molecular weight is 200 g/mol. The molecule has 0 amide bonds. The van der Waals surface area contributed by atoms with Gasteiger partial charge in [0, 0.05) is 18.0 Å². The van der Waals surface area contributed by atoms with Crippen molar-refractivity contribution in [1.82, 2.24) is 5.06 Å². The molecule has 0 aliphatic heterocycles. The molecule has 1 fully saturated rings. The molecule has 0 spiro atoms. The first-order valence-corrected chi connectivity index (χ1v) is 5.33. The van der Waals surface area contributed by atoms with Crippen LogP contribution in [0, 0.1) is 10.3 Å². The summed E-state index contributed by atoms with van der Waals surface area (Å²) in [5, 5.41) is 14.1. The van der Waals surface area contributed by atoms with Crippen molar-refractivity contribution < 1.29 is 5.21 Å². The SMILES string of the molecule is CCC(N=O)C1(CN(O)C(C)C)CC1. The lowest BCUT2D eigenvalue weighted by atomic mass is 9.94. The van der Waals surface area contributed by atoms with Crippen molar-refractivity contribution in [2.75, 3.05) is 6.54 Å². The van der Waals surface area contributed by atoms with E-state index < -0.39 is 0 Å². The third-order valence-corrected chi connectivity index (χ3v) is 3.19. The van der Waals surface area contributed by atoms with Crippen LogP contribution >= 0.6 is 0 Å². The number of hydrogen-bond acceptors (Lipinski definition) is 4. The summed E-state index contributed by atoms with van der Waals surface area (Å²) in [6.07, 6.45) is 2.80. The second-order valence-corrected chi connectivity index (χ2v) is 4.58. The Morgan fingerprint density at radius 1 is 1.50 bits per heavy atom. The first-order chi connectivity index (χ1) is 6.55. The van der Waals surface area contributed by atoms with Crippen molar-refractivity contribution in [3.63, 3.8) is 0 Å². The van der Waals surface area contributed by atoms with Crippen molar-refractivity contribution in [2.45, 2.75) is 52.1 Å². The molecule has 1 aliphatic carbocycles. The van der Waals surface area contributed by atoms with Gasteiger partial charge < -0.3 is 5.21 Å². The topological polar surface area (TPSA) is 52.9 Å². The third-order valence-electron chi connectivity index (χ3n) is 3.19. The maximum Gasteiger partial charge on any atom is 0.0986 e. The van der Waals surface area contributed by atoms with Crippen LogP contribution in [0.15, 0.2) is 5.18 Å². The maximum absolute atomic E-state index is 10.6. The average Bonchev–Trinajstić information content (AvgIpc) is 2.87. The van der Waals surface area contributed by atoms with Gasteiger partial charge in [-0.2, -0.15) is 9.97 Å². The molecule has 82 valence electrons. The van der Waals surface area contributed by atoms with E-state index in [1.165, 1.54) is 5.06 Å². The number of hydrogen-bond donors (Lipinski definition) is 1. The van der Waals surface area contributed by atoms with Gasteiger partial charge in [0.25, 0.3) is 0 Å². The van der Waals surface area contributed by atoms with E-state index in [0.717, 1.165) is 19.3 Å². The Kier molecular flexibility index (Phi) is 3.61. The van der Waals surface area contributed by atoms with E-state index in [1.807, 2.05) is 20.8 Å². The highest BCUT2D eigenvalue weighted by atomic mass is 16.5. The van der Waals surface area contributed by atoms with E-state index in [-0.39, 0.29) is 17.5 Å². The highest BCUT2D eigenvalue weighted by Crippen LogP contribution is 2.51. The van der Waals surface area contributed by atoms with E-state index in [4.69, 9.17) is 0 Å². The second-order valence-electron chi connectivity index (χ2n) is 4.58. The zero-order valence-electron chi connectivity index (χ0n) is 9.23. The molecule has 0 saturated heterocycles. The van der Waals surface area contributed by atoms with Crippen LogP contribution in [0.3, 0.4) is 0 Å². The van der Waals surface area contributed by atoms with Crippen molar-refractivity contribution in [2.24, 2.45) is 10.6 Å². The first-order valence-electron chi connectivity index (χ1n) is 5.33. The lowest BCUT2D eigenvalue weighted by molar-refractivity contribution is -0.131. The molecule has 1 saturated carbocycles. The summed E-state index contributed by atoms with van der Waals surface area (Å²) in [6.45, 7) is 6.43. The van der Waals surface area contributed by atoms with Gasteiger partial charge in [-0.3, -0.25) is 0 Å². The van der Waals surface area contributed by atoms with Gasteiger partial charge in [-0.05, 0) is 33.1 Å². The van der Waals surface area contributed by atoms with Crippen LogP contribution in [0.1, 0.15) is 40.0 Å². The van der Waals surface area contributed by atoms with Crippen LogP contribution in [0.25, 0.3) is 0 Å². The fraction of sp³-hybridized carbons (Fsp3) is 1.00. The van der Waals surface area contributed by atoms with E-state index >= 15 is 0 Å². The first kappa shape index (κ1) is 11.6. The molecule has 1 atom stereocenters. The third kappa shape index (κ3) is 2.30. The molecule has 1 aliphatic rings. The maximum atomic E-state index is 10.6. The zero-order valence-corrected chi connectivity index (χ0v) is 9.23. The molecule has 14 heavy (non-hydrogen) atoms. The number of hydroxylamine groups is 2. The monoisotopic (exact) mass is 200 g/mol. The summed E-state index contributed by atoms with van der Waals surface area (Å²) >= 11 is 0.